The van der Waals surface area contributed by atoms with Gasteiger partial charge in [-0.05, 0) is 125 Å². The third-order valence-electron chi connectivity index (χ3n) is 12.4. The quantitative estimate of drug-likeness (QED) is 0.0455. The van der Waals surface area contributed by atoms with E-state index in [1.54, 1.807) is 26.0 Å². The fraction of sp³-hybridized carbons (Fsp3) is 0.706. The summed E-state index contributed by atoms with van der Waals surface area (Å²) in [5, 5.41) is 38.6. The molecule has 73 heavy (non-hydrogen) atoms. The first-order valence-corrected chi connectivity index (χ1v) is 27.1. The fourth-order valence-corrected chi connectivity index (χ4v) is 8.74. The predicted octanol–water partition coefficient (Wildman–Crippen LogP) is 1.43. The molecule has 1 fully saturated rings. The van der Waals surface area contributed by atoms with Gasteiger partial charge in [0, 0.05) is 13.0 Å². The van der Waals surface area contributed by atoms with Gasteiger partial charge in [0.05, 0.1) is 6.04 Å². The summed E-state index contributed by atoms with van der Waals surface area (Å²) in [7, 11) is 0. The minimum absolute atomic E-state index is 0.0155. The van der Waals surface area contributed by atoms with Crippen molar-refractivity contribution < 1.29 is 53.4 Å². The highest BCUT2D eigenvalue weighted by molar-refractivity contribution is 7.98. The van der Waals surface area contributed by atoms with Crippen LogP contribution < -0.4 is 48.7 Å². The first kappa shape index (κ1) is 63.6. The van der Waals surface area contributed by atoms with Crippen LogP contribution in [0, 0.1) is 23.7 Å². The second-order valence-electron chi connectivity index (χ2n) is 20.7. The van der Waals surface area contributed by atoms with E-state index in [0.29, 0.717) is 37.1 Å². The maximum atomic E-state index is 14.4. The lowest BCUT2D eigenvalue weighted by molar-refractivity contribution is -0.143. The van der Waals surface area contributed by atoms with E-state index in [0.717, 1.165) is 0 Å². The number of benzene rings is 1. The number of carboxylic acids is 1. The Balaban J connectivity index is 2.31. The Kier molecular flexibility index (Phi) is 27.9. The number of phenols is 1. The summed E-state index contributed by atoms with van der Waals surface area (Å²) in [6.07, 6.45) is 4.42. The fourth-order valence-electron chi connectivity index (χ4n) is 8.27. The van der Waals surface area contributed by atoms with Gasteiger partial charge in [-0.2, -0.15) is 11.8 Å². The summed E-state index contributed by atoms with van der Waals surface area (Å²) in [5.74, 6) is -6.25. The Morgan fingerprint density at radius 1 is 0.630 bits per heavy atom. The summed E-state index contributed by atoms with van der Waals surface area (Å²) in [4.78, 5) is 124. The van der Waals surface area contributed by atoms with Crippen LogP contribution in [-0.4, -0.2) is 148 Å². The van der Waals surface area contributed by atoms with Crippen LogP contribution in [0.25, 0.3) is 0 Å². The largest absolute Gasteiger partial charge is 0.508 e. The van der Waals surface area contributed by atoms with Gasteiger partial charge in [-0.1, -0.05) is 67.5 Å². The number of hydrogen-bond acceptors (Lipinski definition) is 13. The number of aromatic hydroxyl groups is 1. The number of amides is 8. The highest BCUT2D eigenvalue weighted by atomic mass is 32.2. The molecular formula is C51H86N10O11S. The number of phenolic OH excluding ortho intramolecular Hbond substituents is 1. The zero-order chi connectivity index (χ0) is 55.1. The van der Waals surface area contributed by atoms with Crippen LogP contribution in [0.1, 0.15) is 126 Å². The van der Waals surface area contributed by atoms with Gasteiger partial charge in [-0.25, -0.2) is 4.79 Å². The van der Waals surface area contributed by atoms with Crippen LogP contribution in [0.3, 0.4) is 0 Å². The van der Waals surface area contributed by atoms with E-state index in [1.165, 1.54) is 35.7 Å². The van der Waals surface area contributed by atoms with Crippen molar-refractivity contribution in [2.45, 2.75) is 181 Å². The number of nitrogens with one attached hydrogen (secondary N) is 7. The molecule has 0 spiro atoms. The second kappa shape index (κ2) is 32.0. The molecule has 22 heteroatoms. The van der Waals surface area contributed by atoms with Crippen LogP contribution in [0.15, 0.2) is 24.3 Å². The lowest BCUT2D eigenvalue weighted by Crippen LogP contribution is -2.60. The van der Waals surface area contributed by atoms with Gasteiger partial charge in [0.25, 0.3) is 0 Å². The smallest absolute Gasteiger partial charge is 0.326 e. The third kappa shape index (κ3) is 22.3. The van der Waals surface area contributed by atoms with Crippen LogP contribution in [0.5, 0.6) is 5.75 Å². The molecule has 13 N–H and O–H groups in total. The maximum Gasteiger partial charge on any atom is 0.326 e. The van der Waals surface area contributed by atoms with E-state index >= 15 is 0 Å². The van der Waals surface area contributed by atoms with Gasteiger partial charge in [0.2, 0.25) is 47.3 Å². The average Bonchev–Trinajstić information content (AvgIpc) is 3.81. The molecule has 8 amide bonds. The minimum atomic E-state index is -1.20. The molecule has 9 atom stereocenters. The van der Waals surface area contributed by atoms with Crippen LogP contribution in [0.2, 0.25) is 0 Å². The Morgan fingerprint density at radius 2 is 1.12 bits per heavy atom. The normalized spacial score (nSPS) is 16.9. The number of hydrogen-bond donors (Lipinski definition) is 11. The lowest BCUT2D eigenvalue weighted by Gasteiger charge is -2.31. The molecule has 0 bridgehead atoms. The van der Waals surface area contributed by atoms with Crippen molar-refractivity contribution in [2.24, 2.45) is 35.1 Å². The Bertz CT molecular complexity index is 1990. The molecule has 412 valence electrons. The van der Waals surface area contributed by atoms with E-state index in [1.807, 2.05) is 47.8 Å². The minimum Gasteiger partial charge on any atom is -0.508 e. The van der Waals surface area contributed by atoms with E-state index in [2.05, 4.69) is 37.2 Å². The van der Waals surface area contributed by atoms with Gasteiger partial charge >= 0.3 is 5.97 Å². The number of aliphatic carboxylic acids is 1. The van der Waals surface area contributed by atoms with E-state index in [4.69, 9.17) is 11.5 Å². The standard InChI is InChI=1S/C51H86N10O11S/c1-28(2)24-37(47(67)55-35(14-11-12-21-52)44(64)56-36(20-23-73-10)45(65)60-40(51(71)72)26-30(5)6)57-48(68)41-15-13-22-61(41)50(70)39(25-29(3)4)59-43(63)32(9)54-46(66)38(58-49(69)42(53)31(7)8)27-33-16-18-34(62)19-17-33/h16-19,28-32,35-42,62H,11-15,20-27,52-53H2,1-10H3,(H,54,66)(H,55,67)(H,56,64)(H,57,68)(H,58,69)(H,59,63)(H,60,65)(H,71,72)/t32-,35-,36-,37-,38-,39-,40-,41-,42-/m0/s1. The van der Waals surface area contributed by atoms with E-state index in [9.17, 15) is 53.4 Å². The number of carboxylic acid groups (broad SMARTS) is 1. The van der Waals surface area contributed by atoms with E-state index in [-0.39, 0.29) is 80.9 Å². The SMILES string of the molecule is CSCC[C@H](NC(=O)[C@H](CCCCN)NC(=O)[C@H](CC(C)C)NC(=O)[C@@H]1CCCN1C(=O)[C@H](CC(C)C)NC(=O)[C@H](C)NC(=O)[C@H](Cc1ccc(O)cc1)NC(=O)[C@@H](N)C(C)C)C(=O)N[C@@H](CC(C)C)C(=O)O. The average molecular weight is 1050 g/mol. The first-order valence-electron chi connectivity index (χ1n) is 25.7. The molecule has 21 nitrogen and oxygen atoms in total. The molecule has 2 rings (SSSR count). The molecule has 1 aliphatic rings. The van der Waals surface area contributed by atoms with Gasteiger partial charge in [0.1, 0.15) is 54.1 Å². The Labute approximate surface area is 435 Å². The van der Waals surface area contributed by atoms with Crippen molar-refractivity contribution in [2.75, 3.05) is 25.1 Å². The van der Waals surface area contributed by atoms with Gasteiger partial charge in [0.15, 0.2) is 0 Å². The topological polar surface area (TPSA) is 334 Å². The number of rotatable bonds is 32. The first-order chi connectivity index (χ1) is 34.3. The summed E-state index contributed by atoms with van der Waals surface area (Å²) in [5.41, 5.74) is 12.4. The van der Waals surface area contributed by atoms with Crippen molar-refractivity contribution in [1.82, 2.24) is 42.1 Å². The molecule has 0 aromatic heterocycles. The number of carbonyl (C=O) groups is 9. The van der Waals surface area contributed by atoms with E-state index < -0.39 is 108 Å². The molecular weight excluding hydrogens is 961 g/mol. The number of nitrogens with zero attached hydrogens (tertiary/aromatic N) is 1. The number of nitrogens with two attached hydrogens (primary N) is 2. The van der Waals surface area contributed by atoms with Gasteiger partial charge in [-0.3, -0.25) is 38.4 Å². The van der Waals surface area contributed by atoms with Crippen LogP contribution in [-0.2, 0) is 49.6 Å². The van der Waals surface area contributed by atoms with Crippen LogP contribution in [0.4, 0.5) is 0 Å². The molecule has 0 unspecified atom stereocenters. The van der Waals surface area contributed by atoms with Crippen molar-refractivity contribution in [3.8, 4) is 5.75 Å². The molecule has 1 saturated heterocycles. The molecule has 1 aromatic carbocycles. The second-order valence-corrected chi connectivity index (χ2v) is 21.7. The number of carbonyl (C=O) groups excluding carboxylic acids is 8. The summed E-state index contributed by atoms with van der Waals surface area (Å²) in [6.45, 7) is 16.6. The zero-order valence-electron chi connectivity index (χ0n) is 44.6. The highest BCUT2D eigenvalue weighted by Crippen LogP contribution is 2.22. The molecule has 0 saturated carbocycles. The number of unbranched alkanes of at least 4 members (excludes halogenated alkanes) is 1. The maximum absolute atomic E-state index is 14.4. The van der Waals surface area contributed by atoms with Gasteiger partial charge < -0.3 is 63.8 Å². The number of thioether (sulfide) groups is 1. The summed E-state index contributed by atoms with van der Waals surface area (Å²) >= 11 is 1.44. The van der Waals surface area contributed by atoms with Crippen molar-refractivity contribution in [1.29, 1.82) is 0 Å². The predicted molar refractivity (Wildman–Crippen MR) is 280 cm³/mol. The summed E-state index contributed by atoms with van der Waals surface area (Å²) < 4.78 is 0. The molecule has 1 aliphatic heterocycles. The molecule has 1 aromatic rings. The molecule has 0 aliphatic carbocycles. The Morgan fingerprint density at radius 3 is 1.66 bits per heavy atom. The van der Waals surface area contributed by atoms with Crippen molar-refractivity contribution in [3.63, 3.8) is 0 Å². The lowest BCUT2D eigenvalue weighted by atomic mass is 10.00. The van der Waals surface area contributed by atoms with Crippen molar-refractivity contribution in [3.05, 3.63) is 29.8 Å². The zero-order valence-corrected chi connectivity index (χ0v) is 45.4. The highest BCUT2D eigenvalue weighted by Gasteiger charge is 2.40. The monoisotopic (exact) mass is 1050 g/mol. The number of likely N-dealkylation sites (tertiary alicyclic amines) is 1. The van der Waals surface area contributed by atoms with Gasteiger partial charge in [-0.15, -0.1) is 0 Å². The third-order valence-corrected chi connectivity index (χ3v) is 13.1. The van der Waals surface area contributed by atoms with Crippen LogP contribution >= 0.6 is 11.8 Å². The Hall–Kier alpha value is -5.48. The molecule has 0 radical (unpaired) electrons. The molecule has 1 heterocycles. The summed E-state index contributed by atoms with van der Waals surface area (Å²) in [6, 6.07) is -3.83. The van der Waals surface area contributed by atoms with Crippen molar-refractivity contribution >= 4 is 65.0 Å².